The van der Waals surface area contributed by atoms with E-state index in [1.165, 1.54) is 5.56 Å². The molecule has 5 heteroatoms. The molecular formula is C25H24ClNO2S. The molecule has 1 heterocycles. The number of hydrogen-bond donors (Lipinski definition) is 0. The van der Waals surface area contributed by atoms with Crippen LogP contribution in [0.15, 0.2) is 94.7 Å². The van der Waals surface area contributed by atoms with Crippen LogP contribution in [0, 0.1) is 12.8 Å². The van der Waals surface area contributed by atoms with Crippen molar-refractivity contribution in [1.29, 1.82) is 0 Å². The van der Waals surface area contributed by atoms with Crippen molar-refractivity contribution < 1.29 is 8.42 Å². The van der Waals surface area contributed by atoms with E-state index in [0.717, 1.165) is 16.8 Å². The fourth-order valence-corrected chi connectivity index (χ4v) is 5.92. The minimum Gasteiger partial charge on any atom is -0.366 e. The molecule has 0 radical (unpaired) electrons. The Labute approximate surface area is 183 Å². The largest absolute Gasteiger partial charge is 0.366 e. The Morgan fingerprint density at radius 2 is 1.50 bits per heavy atom. The van der Waals surface area contributed by atoms with E-state index in [1.807, 2.05) is 67.6 Å². The summed E-state index contributed by atoms with van der Waals surface area (Å²) >= 11 is 6.41. The molecule has 0 amide bonds. The Morgan fingerprint density at radius 3 is 2.10 bits per heavy atom. The zero-order valence-corrected chi connectivity index (χ0v) is 18.4. The summed E-state index contributed by atoms with van der Waals surface area (Å²) in [5, 5.41) is 0. The number of halogens is 1. The number of aryl methyl sites for hydroxylation is 1. The highest BCUT2D eigenvalue weighted by molar-refractivity contribution is 7.95. The summed E-state index contributed by atoms with van der Waals surface area (Å²) in [4.78, 5) is 2.86. The SMILES string of the molecule is Cc1ccc(N2CC(S(=O)(=O)c3ccccc3)=C(c3ccccc3)C(CCl)C2)cc1. The van der Waals surface area contributed by atoms with Gasteiger partial charge in [0.2, 0.25) is 9.84 Å². The Kier molecular flexibility index (Phi) is 5.98. The minimum absolute atomic E-state index is 0.0994. The second-order valence-corrected chi connectivity index (χ2v) is 9.87. The minimum atomic E-state index is -3.67. The van der Waals surface area contributed by atoms with E-state index < -0.39 is 9.84 Å². The van der Waals surface area contributed by atoms with Crippen LogP contribution in [-0.2, 0) is 9.84 Å². The zero-order valence-electron chi connectivity index (χ0n) is 16.8. The van der Waals surface area contributed by atoms with Crippen LogP contribution < -0.4 is 4.90 Å². The van der Waals surface area contributed by atoms with Gasteiger partial charge in [-0.3, -0.25) is 0 Å². The van der Waals surface area contributed by atoms with Crippen molar-refractivity contribution in [2.45, 2.75) is 11.8 Å². The van der Waals surface area contributed by atoms with Crippen LogP contribution in [-0.4, -0.2) is 27.4 Å². The topological polar surface area (TPSA) is 37.4 Å². The van der Waals surface area contributed by atoms with Crippen molar-refractivity contribution in [3.05, 3.63) is 101 Å². The molecule has 0 bridgehead atoms. The van der Waals surface area contributed by atoms with Crippen LogP contribution >= 0.6 is 11.6 Å². The third kappa shape index (κ3) is 4.03. The quantitative estimate of drug-likeness (QED) is 0.490. The lowest BCUT2D eigenvalue weighted by molar-refractivity contribution is 0.595. The van der Waals surface area contributed by atoms with Crippen molar-refractivity contribution in [2.24, 2.45) is 5.92 Å². The van der Waals surface area contributed by atoms with Gasteiger partial charge in [-0.15, -0.1) is 11.6 Å². The highest BCUT2D eigenvalue weighted by atomic mass is 35.5. The predicted octanol–water partition coefficient (Wildman–Crippen LogP) is 5.56. The standard InChI is InChI=1S/C25H24ClNO2S/c1-19-12-14-22(15-13-19)27-17-21(16-26)25(20-8-4-2-5-9-20)24(18-27)30(28,29)23-10-6-3-7-11-23/h2-15,21H,16-18H2,1H3. The summed E-state index contributed by atoms with van der Waals surface area (Å²) in [7, 11) is -3.67. The first kappa shape index (κ1) is 20.7. The fraction of sp³-hybridized carbons (Fsp3) is 0.200. The maximum Gasteiger partial charge on any atom is 0.204 e. The molecule has 0 aliphatic carbocycles. The number of anilines is 1. The molecule has 0 fully saturated rings. The van der Waals surface area contributed by atoms with Crippen molar-refractivity contribution in [3.63, 3.8) is 0 Å². The van der Waals surface area contributed by atoms with Gasteiger partial charge in [-0.2, -0.15) is 0 Å². The Bertz CT molecular complexity index is 1140. The molecule has 1 aliphatic rings. The molecular weight excluding hydrogens is 414 g/mol. The lowest BCUT2D eigenvalue weighted by Gasteiger charge is -2.37. The molecule has 0 aromatic heterocycles. The van der Waals surface area contributed by atoms with Crippen LogP contribution in [0.3, 0.4) is 0 Å². The molecule has 0 saturated carbocycles. The van der Waals surface area contributed by atoms with E-state index in [2.05, 4.69) is 4.90 Å². The van der Waals surface area contributed by atoms with Crippen molar-refractivity contribution in [2.75, 3.05) is 23.9 Å². The van der Waals surface area contributed by atoms with Gasteiger partial charge in [-0.1, -0.05) is 66.2 Å². The molecule has 0 N–H and O–H groups in total. The lowest BCUT2D eigenvalue weighted by atomic mass is 9.90. The van der Waals surface area contributed by atoms with Crippen molar-refractivity contribution in [3.8, 4) is 0 Å². The van der Waals surface area contributed by atoms with Gasteiger partial charge in [-0.25, -0.2) is 8.42 Å². The summed E-state index contributed by atoms with van der Waals surface area (Å²) in [6.45, 7) is 3.03. The van der Waals surface area contributed by atoms with E-state index in [-0.39, 0.29) is 5.92 Å². The maximum absolute atomic E-state index is 13.7. The van der Waals surface area contributed by atoms with Gasteiger partial charge in [0, 0.05) is 24.0 Å². The average molecular weight is 438 g/mol. The van der Waals surface area contributed by atoms with E-state index in [4.69, 9.17) is 11.6 Å². The van der Waals surface area contributed by atoms with Gasteiger partial charge in [-0.05, 0) is 42.3 Å². The number of alkyl halides is 1. The van der Waals surface area contributed by atoms with E-state index >= 15 is 0 Å². The highest BCUT2D eigenvalue weighted by Gasteiger charge is 2.35. The number of rotatable bonds is 5. The van der Waals surface area contributed by atoms with Gasteiger partial charge < -0.3 is 4.90 Å². The molecule has 3 aromatic carbocycles. The fourth-order valence-electron chi connectivity index (χ4n) is 3.97. The van der Waals surface area contributed by atoms with Gasteiger partial charge in [0.15, 0.2) is 0 Å². The third-order valence-corrected chi connectivity index (χ3v) is 7.80. The molecule has 0 saturated heterocycles. The predicted molar refractivity (Wildman–Crippen MR) is 125 cm³/mol. The number of sulfone groups is 1. The molecule has 3 aromatic rings. The number of benzene rings is 3. The van der Waals surface area contributed by atoms with Crippen LogP contribution in [0.25, 0.3) is 5.57 Å². The number of nitrogens with zero attached hydrogens (tertiary/aromatic N) is 1. The van der Waals surface area contributed by atoms with E-state index in [9.17, 15) is 8.42 Å². The first-order chi connectivity index (χ1) is 14.5. The zero-order chi connectivity index (χ0) is 21.1. The molecule has 30 heavy (non-hydrogen) atoms. The van der Waals surface area contributed by atoms with Crippen LogP contribution in [0.4, 0.5) is 5.69 Å². The summed E-state index contributed by atoms with van der Waals surface area (Å²) in [6, 6.07) is 26.6. The maximum atomic E-state index is 13.7. The Balaban J connectivity index is 1.90. The molecule has 3 nitrogen and oxygen atoms in total. The van der Waals surface area contributed by atoms with Gasteiger partial charge >= 0.3 is 0 Å². The second-order valence-electron chi connectivity index (χ2n) is 7.59. The van der Waals surface area contributed by atoms with Crippen molar-refractivity contribution in [1.82, 2.24) is 0 Å². The summed E-state index contributed by atoms with van der Waals surface area (Å²) in [5.74, 6) is 0.248. The summed E-state index contributed by atoms with van der Waals surface area (Å²) in [6.07, 6.45) is 0. The molecule has 1 atom stereocenters. The molecule has 1 aliphatic heterocycles. The monoisotopic (exact) mass is 437 g/mol. The summed E-state index contributed by atoms with van der Waals surface area (Å²) < 4.78 is 27.5. The van der Waals surface area contributed by atoms with E-state index in [0.29, 0.717) is 28.8 Å². The van der Waals surface area contributed by atoms with E-state index in [1.54, 1.807) is 24.3 Å². The normalized spacial score (nSPS) is 17.3. The van der Waals surface area contributed by atoms with Crippen LogP contribution in [0.5, 0.6) is 0 Å². The third-order valence-electron chi connectivity index (χ3n) is 5.53. The Morgan fingerprint density at radius 1 is 0.900 bits per heavy atom. The first-order valence-corrected chi connectivity index (χ1v) is 12.0. The second kappa shape index (κ2) is 8.66. The van der Waals surface area contributed by atoms with Crippen molar-refractivity contribution >= 4 is 32.7 Å². The number of hydrogen-bond acceptors (Lipinski definition) is 3. The molecule has 154 valence electrons. The Hall–Kier alpha value is -2.56. The summed E-state index contributed by atoms with van der Waals surface area (Å²) in [5.41, 5.74) is 3.92. The van der Waals surface area contributed by atoms with Gasteiger partial charge in [0.05, 0.1) is 16.3 Å². The van der Waals surface area contributed by atoms with Crippen LogP contribution in [0.1, 0.15) is 11.1 Å². The van der Waals surface area contributed by atoms with Crippen LogP contribution in [0.2, 0.25) is 0 Å². The first-order valence-electron chi connectivity index (χ1n) is 9.97. The smallest absolute Gasteiger partial charge is 0.204 e. The average Bonchev–Trinajstić information content (AvgIpc) is 2.80. The van der Waals surface area contributed by atoms with Gasteiger partial charge in [0.25, 0.3) is 0 Å². The molecule has 4 rings (SSSR count). The molecule has 1 unspecified atom stereocenters. The van der Waals surface area contributed by atoms with Gasteiger partial charge in [0.1, 0.15) is 0 Å². The molecule has 0 spiro atoms. The highest BCUT2D eigenvalue weighted by Crippen LogP contribution is 2.39. The lowest BCUT2D eigenvalue weighted by Crippen LogP contribution is -2.39.